The summed E-state index contributed by atoms with van der Waals surface area (Å²) in [6.45, 7) is 1.95. The van der Waals surface area contributed by atoms with Crippen molar-refractivity contribution >= 4 is 34.1 Å². The normalized spacial score (nSPS) is 10.6. The highest BCUT2D eigenvalue weighted by Gasteiger charge is 2.18. The van der Waals surface area contributed by atoms with Gasteiger partial charge in [-0.15, -0.1) is 0 Å². The standard InChI is InChI=1S/C26H25N3O4/c1-16-19(18-11-7-8-12-20(18)27-16)13-25(30)28-21-14-24(33-3)22(15-23(21)32-2)29-26(31)17-9-5-4-6-10-17/h4-12,14-15,27H,13H2,1-3H3,(H,28,30)(H,29,31). The number of nitrogens with one attached hydrogen (secondary N) is 3. The molecular weight excluding hydrogens is 418 g/mol. The third kappa shape index (κ3) is 4.67. The van der Waals surface area contributed by atoms with Crippen molar-refractivity contribution < 1.29 is 19.1 Å². The molecule has 0 atom stereocenters. The molecule has 0 radical (unpaired) electrons. The molecule has 0 aliphatic rings. The van der Waals surface area contributed by atoms with Gasteiger partial charge in [-0.05, 0) is 30.7 Å². The first-order valence-corrected chi connectivity index (χ1v) is 10.5. The summed E-state index contributed by atoms with van der Waals surface area (Å²) in [5.41, 5.74) is 4.31. The van der Waals surface area contributed by atoms with Gasteiger partial charge in [0.1, 0.15) is 11.5 Å². The summed E-state index contributed by atoms with van der Waals surface area (Å²) in [5.74, 6) is 0.341. The van der Waals surface area contributed by atoms with Gasteiger partial charge in [0.2, 0.25) is 5.91 Å². The smallest absolute Gasteiger partial charge is 0.255 e. The van der Waals surface area contributed by atoms with Gasteiger partial charge in [-0.2, -0.15) is 0 Å². The van der Waals surface area contributed by atoms with E-state index in [9.17, 15) is 9.59 Å². The Labute approximate surface area is 191 Å². The molecule has 1 heterocycles. The zero-order valence-electron chi connectivity index (χ0n) is 18.7. The van der Waals surface area contributed by atoms with Crippen LogP contribution in [-0.2, 0) is 11.2 Å². The Balaban J connectivity index is 1.56. The number of anilines is 2. The molecule has 0 saturated carbocycles. The number of carbonyl (C=O) groups excluding carboxylic acids is 2. The van der Waals surface area contributed by atoms with Crippen molar-refractivity contribution in [2.45, 2.75) is 13.3 Å². The quantitative estimate of drug-likeness (QED) is 0.378. The number of benzene rings is 3. The van der Waals surface area contributed by atoms with Gasteiger partial charge >= 0.3 is 0 Å². The molecule has 0 saturated heterocycles. The van der Waals surface area contributed by atoms with Crippen LogP contribution in [0.4, 0.5) is 11.4 Å². The monoisotopic (exact) mass is 443 g/mol. The highest BCUT2D eigenvalue weighted by Crippen LogP contribution is 2.37. The van der Waals surface area contributed by atoms with Gasteiger partial charge < -0.3 is 25.1 Å². The Kier molecular flexibility index (Phi) is 6.31. The Hall–Kier alpha value is -4.26. The predicted octanol–water partition coefficient (Wildman–Crippen LogP) is 4.93. The number of carbonyl (C=O) groups is 2. The van der Waals surface area contributed by atoms with Crippen molar-refractivity contribution in [3.05, 3.63) is 83.6 Å². The van der Waals surface area contributed by atoms with Crippen molar-refractivity contribution in [1.82, 2.24) is 4.98 Å². The van der Waals surface area contributed by atoms with Gasteiger partial charge in [-0.3, -0.25) is 9.59 Å². The first kappa shape index (κ1) is 22.0. The fourth-order valence-electron chi connectivity index (χ4n) is 3.79. The van der Waals surface area contributed by atoms with Crippen LogP contribution in [-0.4, -0.2) is 31.0 Å². The highest BCUT2D eigenvalue weighted by molar-refractivity contribution is 6.06. The van der Waals surface area contributed by atoms with E-state index < -0.39 is 0 Å². The molecule has 4 aromatic rings. The Bertz CT molecular complexity index is 1310. The molecule has 33 heavy (non-hydrogen) atoms. The molecule has 7 heteroatoms. The number of amides is 2. The maximum Gasteiger partial charge on any atom is 0.255 e. The van der Waals surface area contributed by atoms with E-state index >= 15 is 0 Å². The lowest BCUT2D eigenvalue weighted by Gasteiger charge is -2.16. The lowest BCUT2D eigenvalue weighted by Crippen LogP contribution is -2.16. The number of hydrogen-bond donors (Lipinski definition) is 3. The van der Waals surface area contributed by atoms with Crippen molar-refractivity contribution in [2.75, 3.05) is 24.9 Å². The van der Waals surface area contributed by atoms with Crippen LogP contribution in [0.2, 0.25) is 0 Å². The zero-order valence-corrected chi connectivity index (χ0v) is 18.7. The topological polar surface area (TPSA) is 92.4 Å². The summed E-state index contributed by atoms with van der Waals surface area (Å²) < 4.78 is 10.9. The highest BCUT2D eigenvalue weighted by atomic mass is 16.5. The molecule has 0 fully saturated rings. The number of ether oxygens (including phenoxy) is 2. The van der Waals surface area contributed by atoms with E-state index in [4.69, 9.17) is 9.47 Å². The van der Waals surface area contributed by atoms with Crippen LogP contribution < -0.4 is 20.1 Å². The largest absolute Gasteiger partial charge is 0.494 e. The van der Waals surface area contributed by atoms with Crippen LogP contribution in [0.1, 0.15) is 21.6 Å². The molecule has 0 spiro atoms. The molecule has 168 valence electrons. The van der Waals surface area contributed by atoms with Crippen LogP contribution in [0.3, 0.4) is 0 Å². The lowest BCUT2D eigenvalue weighted by atomic mass is 10.1. The van der Waals surface area contributed by atoms with Gasteiger partial charge in [0.15, 0.2) is 0 Å². The molecule has 4 rings (SSSR count). The van der Waals surface area contributed by atoms with Gasteiger partial charge in [0, 0.05) is 34.3 Å². The molecule has 3 N–H and O–H groups in total. The number of para-hydroxylation sites is 1. The summed E-state index contributed by atoms with van der Waals surface area (Å²) in [4.78, 5) is 28.8. The third-order valence-corrected chi connectivity index (χ3v) is 5.44. The fourth-order valence-corrected chi connectivity index (χ4v) is 3.79. The van der Waals surface area contributed by atoms with E-state index in [1.165, 1.54) is 14.2 Å². The van der Waals surface area contributed by atoms with Gasteiger partial charge in [-0.25, -0.2) is 0 Å². The maximum atomic E-state index is 12.9. The molecule has 0 aliphatic carbocycles. The Morgan fingerprint density at radius 1 is 0.848 bits per heavy atom. The van der Waals surface area contributed by atoms with Crippen LogP contribution in [0.25, 0.3) is 10.9 Å². The lowest BCUT2D eigenvalue weighted by molar-refractivity contribution is -0.115. The van der Waals surface area contributed by atoms with E-state index in [2.05, 4.69) is 15.6 Å². The van der Waals surface area contributed by atoms with Crippen LogP contribution in [0, 0.1) is 6.92 Å². The van der Waals surface area contributed by atoms with Gasteiger partial charge in [0.25, 0.3) is 5.91 Å². The second-order valence-corrected chi connectivity index (χ2v) is 7.57. The summed E-state index contributed by atoms with van der Waals surface area (Å²) in [7, 11) is 3.00. The van der Waals surface area contributed by atoms with E-state index in [0.717, 1.165) is 22.2 Å². The molecule has 7 nitrogen and oxygen atoms in total. The minimum absolute atomic E-state index is 0.190. The number of fused-ring (bicyclic) bond motifs is 1. The van der Waals surface area contributed by atoms with Crippen molar-refractivity contribution in [3.8, 4) is 11.5 Å². The average Bonchev–Trinajstić information content (AvgIpc) is 3.15. The molecule has 0 unspecified atom stereocenters. The van der Waals surface area contributed by atoms with E-state index in [0.29, 0.717) is 28.4 Å². The summed E-state index contributed by atoms with van der Waals surface area (Å²) in [6.07, 6.45) is 0.202. The molecule has 1 aromatic heterocycles. The number of rotatable bonds is 7. The second-order valence-electron chi connectivity index (χ2n) is 7.57. The first-order chi connectivity index (χ1) is 16.0. The van der Waals surface area contributed by atoms with Crippen molar-refractivity contribution in [2.24, 2.45) is 0 Å². The van der Waals surface area contributed by atoms with Crippen molar-refractivity contribution in [1.29, 1.82) is 0 Å². The van der Waals surface area contributed by atoms with Crippen molar-refractivity contribution in [3.63, 3.8) is 0 Å². The molecule has 0 aliphatic heterocycles. The maximum absolute atomic E-state index is 12.9. The number of aromatic amines is 1. The Morgan fingerprint density at radius 3 is 2.12 bits per heavy atom. The van der Waals surface area contributed by atoms with Gasteiger partial charge in [0.05, 0.1) is 32.0 Å². The Morgan fingerprint density at radius 2 is 1.45 bits per heavy atom. The minimum atomic E-state index is -0.275. The molecule has 0 bridgehead atoms. The van der Waals surface area contributed by atoms with E-state index in [1.807, 2.05) is 37.3 Å². The van der Waals surface area contributed by atoms with Crippen LogP contribution in [0.15, 0.2) is 66.7 Å². The second kappa shape index (κ2) is 9.48. The zero-order chi connectivity index (χ0) is 23.4. The van der Waals surface area contributed by atoms with Crippen LogP contribution in [0.5, 0.6) is 11.5 Å². The number of aryl methyl sites for hydroxylation is 1. The molecular formula is C26H25N3O4. The SMILES string of the molecule is COc1cc(NC(=O)c2ccccc2)c(OC)cc1NC(=O)Cc1c(C)[nH]c2ccccc12. The average molecular weight is 444 g/mol. The predicted molar refractivity (Wildman–Crippen MR) is 129 cm³/mol. The summed E-state index contributed by atoms with van der Waals surface area (Å²) >= 11 is 0. The molecule has 2 amide bonds. The summed E-state index contributed by atoms with van der Waals surface area (Å²) in [6, 6.07) is 20.0. The van der Waals surface area contributed by atoms with E-state index in [-0.39, 0.29) is 18.2 Å². The fraction of sp³-hybridized carbons (Fsp3) is 0.154. The molecule has 3 aromatic carbocycles. The van der Waals surface area contributed by atoms with Gasteiger partial charge in [-0.1, -0.05) is 36.4 Å². The van der Waals surface area contributed by atoms with Crippen LogP contribution >= 0.6 is 0 Å². The third-order valence-electron chi connectivity index (χ3n) is 5.44. The number of methoxy groups -OCH3 is 2. The van der Waals surface area contributed by atoms with E-state index in [1.54, 1.807) is 36.4 Å². The number of H-pyrrole nitrogens is 1. The minimum Gasteiger partial charge on any atom is -0.494 e. The number of aromatic nitrogens is 1. The summed E-state index contributed by atoms with van der Waals surface area (Å²) in [5, 5.41) is 6.77. The first-order valence-electron chi connectivity index (χ1n) is 10.5. The number of hydrogen-bond acceptors (Lipinski definition) is 4.